The van der Waals surface area contributed by atoms with Crippen molar-refractivity contribution in [3.63, 3.8) is 0 Å². The molecule has 0 aliphatic carbocycles. The minimum absolute atomic E-state index is 0.186. The highest BCUT2D eigenvalue weighted by Gasteiger charge is 2.05. The number of anilines is 1. The molecule has 0 radical (unpaired) electrons. The molecule has 0 amide bonds. The lowest BCUT2D eigenvalue weighted by molar-refractivity contribution is 0.415. The standard InChI is InChI=1S/C9H11N5O/c1-6-5-8(14(2)13-6)15-7-3-4-11-9(10)12-7/h3-5H,1-2H3,(H2,10,11,12). The first-order chi connectivity index (χ1) is 7.15. The van der Waals surface area contributed by atoms with Crippen LogP contribution in [0.2, 0.25) is 0 Å². The van der Waals surface area contributed by atoms with E-state index in [1.165, 1.54) is 0 Å². The topological polar surface area (TPSA) is 78.9 Å². The number of aromatic nitrogens is 4. The van der Waals surface area contributed by atoms with Gasteiger partial charge in [-0.3, -0.25) is 0 Å². The van der Waals surface area contributed by atoms with Crippen LogP contribution < -0.4 is 10.5 Å². The van der Waals surface area contributed by atoms with E-state index in [-0.39, 0.29) is 5.95 Å². The van der Waals surface area contributed by atoms with Crippen LogP contribution in [-0.2, 0) is 7.05 Å². The predicted molar refractivity (Wildman–Crippen MR) is 54.5 cm³/mol. The third-order valence-corrected chi connectivity index (χ3v) is 1.82. The van der Waals surface area contributed by atoms with Crippen LogP contribution in [0.4, 0.5) is 5.95 Å². The summed E-state index contributed by atoms with van der Waals surface area (Å²) >= 11 is 0. The van der Waals surface area contributed by atoms with Gasteiger partial charge in [-0.15, -0.1) is 0 Å². The molecule has 0 aromatic carbocycles. The molecule has 6 heteroatoms. The molecule has 0 fully saturated rings. The summed E-state index contributed by atoms with van der Waals surface area (Å²) < 4.78 is 7.11. The Balaban J connectivity index is 2.25. The minimum Gasteiger partial charge on any atom is -0.421 e. The Kier molecular flexibility index (Phi) is 2.24. The Morgan fingerprint density at radius 3 is 2.87 bits per heavy atom. The molecular weight excluding hydrogens is 194 g/mol. The van der Waals surface area contributed by atoms with E-state index in [4.69, 9.17) is 10.5 Å². The van der Waals surface area contributed by atoms with Crippen molar-refractivity contribution in [3.05, 3.63) is 24.0 Å². The van der Waals surface area contributed by atoms with Gasteiger partial charge in [-0.05, 0) is 6.92 Å². The number of ether oxygens (including phenoxy) is 1. The molecule has 0 bridgehead atoms. The molecule has 15 heavy (non-hydrogen) atoms. The van der Waals surface area contributed by atoms with Crippen molar-refractivity contribution in [1.82, 2.24) is 19.7 Å². The first-order valence-electron chi connectivity index (χ1n) is 4.42. The van der Waals surface area contributed by atoms with Gasteiger partial charge < -0.3 is 10.5 Å². The van der Waals surface area contributed by atoms with Crippen molar-refractivity contribution in [2.45, 2.75) is 6.92 Å². The Morgan fingerprint density at radius 1 is 1.47 bits per heavy atom. The smallest absolute Gasteiger partial charge is 0.226 e. The van der Waals surface area contributed by atoms with E-state index in [9.17, 15) is 0 Å². The van der Waals surface area contributed by atoms with E-state index >= 15 is 0 Å². The number of nitrogens with two attached hydrogens (primary N) is 1. The van der Waals surface area contributed by atoms with Gasteiger partial charge >= 0.3 is 0 Å². The molecular formula is C9H11N5O. The number of nitrogen functional groups attached to an aromatic ring is 1. The van der Waals surface area contributed by atoms with Crippen LogP contribution in [0.5, 0.6) is 11.8 Å². The average Bonchev–Trinajstić information content (AvgIpc) is 2.45. The van der Waals surface area contributed by atoms with Gasteiger partial charge in [0.05, 0.1) is 5.69 Å². The number of hydrogen-bond donors (Lipinski definition) is 1. The highest BCUT2D eigenvalue weighted by molar-refractivity contribution is 5.25. The van der Waals surface area contributed by atoms with Gasteiger partial charge in [-0.2, -0.15) is 10.1 Å². The maximum absolute atomic E-state index is 5.48. The van der Waals surface area contributed by atoms with Crippen LogP contribution in [0.15, 0.2) is 18.3 Å². The summed E-state index contributed by atoms with van der Waals surface area (Å²) in [4.78, 5) is 7.70. The lowest BCUT2D eigenvalue weighted by Crippen LogP contribution is -1.99. The molecule has 0 unspecified atom stereocenters. The van der Waals surface area contributed by atoms with E-state index in [1.54, 1.807) is 24.0 Å². The number of nitrogens with zero attached hydrogens (tertiary/aromatic N) is 4. The van der Waals surface area contributed by atoms with Gasteiger partial charge in [-0.1, -0.05) is 0 Å². The van der Waals surface area contributed by atoms with Crippen molar-refractivity contribution >= 4 is 5.95 Å². The lowest BCUT2D eigenvalue weighted by Gasteiger charge is -2.03. The van der Waals surface area contributed by atoms with Crippen molar-refractivity contribution in [2.24, 2.45) is 7.05 Å². The molecule has 0 saturated carbocycles. The highest BCUT2D eigenvalue weighted by Crippen LogP contribution is 2.19. The van der Waals surface area contributed by atoms with Gasteiger partial charge in [0.15, 0.2) is 0 Å². The second-order valence-electron chi connectivity index (χ2n) is 3.10. The largest absolute Gasteiger partial charge is 0.421 e. The van der Waals surface area contributed by atoms with E-state index in [2.05, 4.69) is 15.1 Å². The second kappa shape index (κ2) is 3.56. The van der Waals surface area contributed by atoms with E-state index in [0.29, 0.717) is 11.8 Å². The van der Waals surface area contributed by atoms with Crippen LogP contribution >= 0.6 is 0 Å². The molecule has 0 aliphatic rings. The van der Waals surface area contributed by atoms with Gasteiger partial charge in [0, 0.05) is 25.4 Å². The summed E-state index contributed by atoms with van der Waals surface area (Å²) in [5.41, 5.74) is 6.31. The van der Waals surface area contributed by atoms with Crippen molar-refractivity contribution < 1.29 is 4.74 Å². The zero-order valence-corrected chi connectivity index (χ0v) is 8.51. The first kappa shape index (κ1) is 9.45. The summed E-state index contributed by atoms with van der Waals surface area (Å²) in [6.45, 7) is 1.89. The first-order valence-corrected chi connectivity index (χ1v) is 4.42. The summed E-state index contributed by atoms with van der Waals surface area (Å²) in [5, 5.41) is 4.15. The maximum atomic E-state index is 5.48. The molecule has 2 N–H and O–H groups in total. The fourth-order valence-corrected chi connectivity index (χ4v) is 1.20. The van der Waals surface area contributed by atoms with E-state index in [0.717, 1.165) is 5.69 Å². The van der Waals surface area contributed by atoms with Crippen molar-refractivity contribution in [3.8, 4) is 11.8 Å². The normalized spacial score (nSPS) is 10.3. The molecule has 2 aromatic heterocycles. The van der Waals surface area contributed by atoms with Gasteiger partial charge in [-0.25, -0.2) is 9.67 Å². The van der Waals surface area contributed by atoms with Crippen LogP contribution in [0.25, 0.3) is 0 Å². The summed E-state index contributed by atoms with van der Waals surface area (Å²) in [6.07, 6.45) is 1.54. The minimum atomic E-state index is 0.186. The zero-order chi connectivity index (χ0) is 10.8. The maximum Gasteiger partial charge on any atom is 0.226 e. The third kappa shape index (κ3) is 2.04. The van der Waals surface area contributed by atoms with Gasteiger partial charge in [0.25, 0.3) is 0 Å². The number of rotatable bonds is 2. The van der Waals surface area contributed by atoms with Crippen LogP contribution in [0.3, 0.4) is 0 Å². The Morgan fingerprint density at radius 2 is 2.27 bits per heavy atom. The lowest BCUT2D eigenvalue weighted by atomic mass is 10.5. The third-order valence-electron chi connectivity index (χ3n) is 1.82. The average molecular weight is 205 g/mol. The predicted octanol–water partition coefficient (Wildman–Crippen LogP) is 0.893. The van der Waals surface area contributed by atoms with Crippen molar-refractivity contribution in [1.29, 1.82) is 0 Å². The molecule has 78 valence electrons. The summed E-state index contributed by atoms with van der Waals surface area (Å²) in [6, 6.07) is 3.46. The molecule has 0 spiro atoms. The Bertz CT molecular complexity index is 479. The van der Waals surface area contributed by atoms with Crippen LogP contribution in [-0.4, -0.2) is 19.7 Å². The number of aryl methyl sites for hydroxylation is 2. The quantitative estimate of drug-likeness (QED) is 0.787. The molecule has 2 rings (SSSR count). The molecule has 0 aliphatic heterocycles. The SMILES string of the molecule is Cc1cc(Oc2ccnc(N)n2)n(C)n1. The fraction of sp³-hybridized carbons (Fsp3) is 0.222. The molecule has 2 heterocycles. The molecule has 2 aromatic rings. The van der Waals surface area contributed by atoms with E-state index < -0.39 is 0 Å². The zero-order valence-electron chi connectivity index (χ0n) is 8.51. The monoisotopic (exact) mass is 205 g/mol. The molecule has 0 saturated heterocycles. The summed E-state index contributed by atoms with van der Waals surface area (Å²) in [7, 11) is 1.80. The molecule has 6 nitrogen and oxygen atoms in total. The summed E-state index contributed by atoms with van der Waals surface area (Å²) in [5.74, 6) is 1.21. The van der Waals surface area contributed by atoms with Crippen molar-refractivity contribution in [2.75, 3.05) is 5.73 Å². The van der Waals surface area contributed by atoms with Gasteiger partial charge in [0.2, 0.25) is 17.7 Å². The number of hydrogen-bond acceptors (Lipinski definition) is 5. The highest BCUT2D eigenvalue weighted by atomic mass is 16.5. The van der Waals surface area contributed by atoms with Crippen LogP contribution in [0, 0.1) is 6.92 Å². The van der Waals surface area contributed by atoms with Crippen LogP contribution in [0.1, 0.15) is 5.69 Å². The Hall–Kier alpha value is -2.11. The Labute approximate surface area is 86.7 Å². The van der Waals surface area contributed by atoms with E-state index in [1.807, 2.05) is 13.0 Å². The fourth-order valence-electron chi connectivity index (χ4n) is 1.20. The second-order valence-corrected chi connectivity index (χ2v) is 3.10. The van der Waals surface area contributed by atoms with Gasteiger partial charge in [0.1, 0.15) is 0 Å². The molecule has 0 atom stereocenters.